The molecule has 0 saturated heterocycles. The fourth-order valence-corrected chi connectivity index (χ4v) is 5.44. The van der Waals surface area contributed by atoms with E-state index in [9.17, 15) is 0 Å². The number of benzene rings is 2. The van der Waals surface area contributed by atoms with Gasteiger partial charge in [0.2, 0.25) is 11.9 Å². The lowest BCUT2D eigenvalue weighted by molar-refractivity contribution is 0.174. The van der Waals surface area contributed by atoms with Gasteiger partial charge in [0.1, 0.15) is 0 Å². The van der Waals surface area contributed by atoms with Gasteiger partial charge in [-0.25, -0.2) is 9.99 Å². The van der Waals surface area contributed by atoms with E-state index in [2.05, 4.69) is 71.2 Å². The zero-order valence-electron chi connectivity index (χ0n) is 16.8. The van der Waals surface area contributed by atoms with Crippen LogP contribution in [0.4, 0.5) is 5.13 Å². The highest BCUT2D eigenvalue weighted by molar-refractivity contribution is 7.14. The Morgan fingerprint density at radius 3 is 2.71 bits per heavy atom. The van der Waals surface area contributed by atoms with E-state index in [0.717, 1.165) is 45.6 Å². The number of hydrazone groups is 1. The van der Waals surface area contributed by atoms with Crippen molar-refractivity contribution < 1.29 is 9.47 Å². The van der Waals surface area contributed by atoms with Crippen molar-refractivity contribution in [3.8, 4) is 22.8 Å². The lowest BCUT2D eigenvalue weighted by Crippen LogP contribution is -2.18. The van der Waals surface area contributed by atoms with Crippen LogP contribution in [-0.4, -0.2) is 17.5 Å². The van der Waals surface area contributed by atoms with E-state index in [1.54, 1.807) is 22.7 Å². The van der Waals surface area contributed by atoms with Crippen LogP contribution in [0.25, 0.3) is 11.3 Å². The number of thiophene rings is 1. The summed E-state index contributed by atoms with van der Waals surface area (Å²) in [6.45, 7) is 2.37. The van der Waals surface area contributed by atoms with E-state index >= 15 is 0 Å². The first kappa shape index (κ1) is 18.6. The lowest BCUT2D eigenvalue weighted by atomic mass is 10.0. The zero-order valence-corrected chi connectivity index (χ0v) is 18.5. The Hall–Kier alpha value is -3.16. The van der Waals surface area contributed by atoms with E-state index in [-0.39, 0.29) is 12.8 Å². The quantitative estimate of drug-likeness (QED) is 0.372. The SMILES string of the molecule is Cc1ccc(-c2csc(N3N=C(c4cccs4)C[C@@H]3c3ccc4c(c3)OCO4)n2)cc1. The number of aryl methyl sites for hydroxylation is 1. The van der Waals surface area contributed by atoms with Gasteiger partial charge in [-0.15, -0.1) is 22.7 Å². The second-order valence-corrected chi connectivity index (χ2v) is 9.37. The van der Waals surface area contributed by atoms with Crippen molar-refractivity contribution in [2.45, 2.75) is 19.4 Å². The monoisotopic (exact) mass is 445 g/mol. The Morgan fingerprint density at radius 1 is 1.00 bits per heavy atom. The van der Waals surface area contributed by atoms with Gasteiger partial charge in [0.05, 0.1) is 22.3 Å². The molecule has 4 heterocycles. The number of nitrogens with zero attached hydrogens (tertiary/aromatic N) is 3. The Kier molecular flexibility index (Phi) is 4.51. The summed E-state index contributed by atoms with van der Waals surface area (Å²) in [4.78, 5) is 6.14. The molecule has 0 N–H and O–H groups in total. The second kappa shape index (κ2) is 7.51. The molecule has 1 atom stereocenters. The highest BCUT2D eigenvalue weighted by Crippen LogP contribution is 2.42. The molecule has 0 spiro atoms. The van der Waals surface area contributed by atoms with Gasteiger partial charge >= 0.3 is 0 Å². The number of hydrogen-bond donors (Lipinski definition) is 0. The van der Waals surface area contributed by atoms with Gasteiger partial charge in [-0.05, 0) is 36.1 Å². The maximum atomic E-state index is 5.62. The van der Waals surface area contributed by atoms with E-state index in [1.165, 1.54) is 10.4 Å². The molecule has 0 fully saturated rings. The molecule has 154 valence electrons. The number of anilines is 1. The Labute approximate surface area is 188 Å². The fraction of sp³-hybridized carbons (Fsp3) is 0.167. The fourth-order valence-electron chi connectivity index (χ4n) is 3.88. The predicted molar refractivity (Wildman–Crippen MR) is 126 cm³/mol. The largest absolute Gasteiger partial charge is 0.454 e. The first-order chi connectivity index (χ1) is 15.2. The summed E-state index contributed by atoms with van der Waals surface area (Å²) in [6.07, 6.45) is 0.819. The number of ether oxygens (including phenoxy) is 2. The van der Waals surface area contributed by atoms with Crippen LogP contribution in [0.1, 0.15) is 28.5 Å². The van der Waals surface area contributed by atoms with Crippen molar-refractivity contribution in [1.29, 1.82) is 0 Å². The van der Waals surface area contributed by atoms with Gasteiger partial charge in [-0.1, -0.05) is 42.0 Å². The van der Waals surface area contributed by atoms with Crippen molar-refractivity contribution in [3.05, 3.63) is 81.4 Å². The average molecular weight is 446 g/mol. The third-order valence-electron chi connectivity index (χ3n) is 5.53. The number of rotatable bonds is 4. The van der Waals surface area contributed by atoms with Gasteiger partial charge in [0.15, 0.2) is 11.5 Å². The number of thiazole rings is 1. The summed E-state index contributed by atoms with van der Waals surface area (Å²) in [7, 11) is 0. The van der Waals surface area contributed by atoms with E-state index in [4.69, 9.17) is 19.6 Å². The second-order valence-electron chi connectivity index (χ2n) is 7.58. The summed E-state index contributed by atoms with van der Waals surface area (Å²) in [5, 5.41) is 12.2. The van der Waals surface area contributed by atoms with Crippen LogP contribution in [-0.2, 0) is 0 Å². The highest BCUT2D eigenvalue weighted by Gasteiger charge is 2.33. The molecule has 2 aliphatic heterocycles. The molecule has 0 bridgehead atoms. The standard InChI is InChI=1S/C24H19N3O2S2/c1-15-4-6-16(7-5-15)19-13-31-24(25-19)27-20(12-18(26-27)23-3-2-10-30-23)17-8-9-21-22(11-17)29-14-28-21/h2-11,13,20H,12,14H2,1H3/t20-/m1/s1. The summed E-state index contributed by atoms with van der Waals surface area (Å²) >= 11 is 3.34. The average Bonchev–Trinajstić information content (AvgIpc) is 3.59. The molecule has 4 aromatic rings. The molecule has 0 amide bonds. The van der Waals surface area contributed by atoms with Gasteiger partial charge in [0.25, 0.3) is 0 Å². The van der Waals surface area contributed by atoms with Gasteiger partial charge in [0, 0.05) is 17.4 Å². The van der Waals surface area contributed by atoms with Crippen LogP contribution in [0.15, 0.2) is 70.5 Å². The molecule has 0 unspecified atom stereocenters. The van der Waals surface area contributed by atoms with E-state index < -0.39 is 0 Å². The maximum Gasteiger partial charge on any atom is 0.231 e. The molecule has 2 aliphatic rings. The topological polar surface area (TPSA) is 47.0 Å². The van der Waals surface area contributed by atoms with Crippen LogP contribution in [0.3, 0.4) is 0 Å². The van der Waals surface area contributed by atoms with Crippen molar-refractivity contribution in [2.24, 2.45) is 5.10 Å². The molecule has 5 nitrogen and oxygen atoms in total. The molecular formula is C24H19N3O2S2. The van der Waals surface area contributed by atoms with E-state index in [1.807, 2.05) is 6.07 Å². The minimum Gasteiger partial charge on any atom is -0.454 e. The minimum absolute atomic E-state index is 0.0589. The van der Waals surface area contributed by atoms with Crippen molar-refractivity contribution in [1.82, 2.24) is 4.98 Å². The van der Waals surface area contributed by atoms with E-state index in [0.29, 0.717) is 0 Å². The normalized spacial score (nSPS) is 17.3. The van der Waals surface area contributed by atoms with Crippen molar-refractivity contribution in [2.75, 3.05) is 11.8 Å². The van der Waals surface area contributed by atoms with Crippen LogP contribution in [0.5, 0.6) is 11.5 Å². The number of fused-ring (bicyclic) bond motifs is 1. The molecule has 31 heavy (non-hydrogen) atoms. The molecule has 2 aromatic heterocycles. The maximum absolute atomic E-state index is 5.62. The van der Waals surface area contributed by atoms with Crippen LogP contribution >= 0.6 is 22.7 Å². The lowest BCUT2D eigenvalue weighted by Gasteiger charge is -2.21. The third kappa shape index (κ3) is 3.40. The summed E-state index contributed by atoms with van der Waals surface area (Å²) in [6, 6.07) is 18.9. The number of aromatic nitrogens is 1. The Bertz CT molecular complexity index is 1260. The molecule has 0 aliphatic carbocycles. The van der Waals surface area contributed by atoms with Crippen LogP contribution < -0.4 is 14.5 Å². The van der Waals surface area contributed by atoms with Crippen LogP contribution in [0, 0.1) is 6.92 Å². The van der Waals surface area contributed by atoms with Gasteiger partial charge in [-0.3, -0.25) is 0 Å². The summed E-state index contributed by atoms with van der Waals surface area (Å²) < 4.78 is 11.1. The smallest absolute Gasteiger partial charge is 0.231 e. The Morgan fingerprint density at radius 2 is 1.87 bits per heavy atom. The Balaban J connectivity index is 1.38. The molecule has 0 radical (unpaired) electrons. The highest BCUT2D eigenvalue weighted by atomic mass is 32.1. The van der Waals surface area contributed by atoms with Crippen LogP contribution in [0.2, 0.25) is 0 Å². The summed E-state index contributed by atoms with van der Waals surface area (Å²) in [5.74, 6) is 1.59. The summed E-state index contributed by atoms with van der Waals surface area (Å²) in [5.41, 5.74) is 5.57. The van der Waals surface area contributed by atoms with Crippen molar-refractivity contribution >= 4 is 33.5 Å². The third-order valence-corrected chi connectivity index (χ3v) is 7.28. The first-order valence-electron chi connectivity index (χ1n) is 10.1. The predicted octanol–water partition coefficient (Wildman–Crippen LogP) is 6.26. The first-order valence-corrected chi connectivity index (χ1v) is 11.8. The molecule has 0 saturated carbocycles. The molecule has 6 rings (SSSR count). The van der Waals surface area contributed by atoms with Gasteiger partial charge in [-0.2, -0.15) is 5.10 Å². The minimum atomic E-state index is 0.0589. The van der Waals surface area contributed by atoms with Gasteiger partial charge < -0.3 is 9.47 Å². The molecule has 7 heteroatoms. The van der Waals surface area contributed by atoms with Crippen molar-refractivity contribution in [3.63, 3.8) is 0 Å². The number of hydrogen-bond acceptors (Lipinski definition) is 7. The molecular weight excluding hydrogens is 426 g/mol. The molecule has 2 aromatic carbocycles. The zero-order chi connectivity index (χ0) is 20.8.